The molecule has 2 aliphatic heterocycles. The molecule has 1 atom stereocenters. The Morgan fingerprint density at radius 2 is 1.86 bits per heavy atom. The molecular weight excluding hydrogens is 302 g/mol. The van der Waals surface area contributed by atoms with E-state index in [9.17, 15) is 9.90 Å². The van der Waals surface area contributed by atoms with Crippen LogP contribution in [0.15, 0.2) is 24.3 Å². The Kier molecular flexibility index (Phi) is 5.14. The summed E-state index contributed by atoms with van der Waals surface area (Å²) in [7, 11) is 0. The van der Waals surface area contributed by atoms with Crippen LogP contribution in [0.2, 0.25) is 0 Å². The molecule has 0 spiro atoms. The van der Waals surface area contributed by atoms with Gasteiger partial charge >= 0.3 is 0 Å². The van der Waals surface area contributed by atoms with Crippen molar-refractivity contribution in [2.45, 2.75) is 29.9 Å². The lowest BCUT2D eigenvalue weighted by molar-refractivity contribution is 0.0474. The highest BCUT2D eigenvalue weighted by Crippen LogP contribution is 2.43. The summed E-state index contributed by atoms with van der Waals surface area (Å²) in [6.07, 6.45) is 2.62. The number of nitrogens with zero attached hydrogens (tertiary/aromatic N) is 1. The molecule has 0 radical (unpaired) electrons. The van der Waals surface area contributed by atoms with E-state index in [1.165, 1.54) is 23.5 Å². The second kappa shape index (κ2) is 7.07. The Bertz CT molecular complexity index is 486. The maximum Gasteiger partial charge on any atom is 0.253 e. The largest absolute Gasteiger partial charge is 0.391 e. The molecule has 1 amide bonds. The Morgan fingerprint density at radius 1 is 1.14 bits per heavy atom. The second-order valence-corrected chi connectivity index (χ2v) is 8.32. The average molecular weight is 323 g/mol. The number of amides is 1. The molecule has 2 heterocycles. The number of carbonyl (C=O) groups is 1. The number of hydrogen-bond donors (Lipinski definition) is 1. The highest BCUT2D eigenvalue weighted by molar-refractivity contribution is 8.16. The summed E-state index contributed by atoms with van der Waals surface area (Å²) in [4.78, 5) is 14.2. The zero-order valence-electron chi connectivity index (χ0n) is 12.0. The van der Waals surface area contributed by atoms with Crippen molar-refractivity contribution in [2.24, 2.45) is 0 Å². The summed E-state index contributed by atoms with van der Waals surface area (Å²) in [6, 6.07) is 8.05. The molecule has 5 heteroatoms. The van der Waals surface area contributed by atoms with Crippen molar-refractivity contribution >= 4 is 29.4 Å². The normalized spacial score (nSPS) is 24.0. The van der Waals surface area contributed by atoms with Gasteiger partial charge < -0.3 is 10.0 Å². The van der Waals surface area contributed by atoms with E-state index in [1.807, 2.05) is 35.7 Å². The number of rotatable bonds is 2. The quantitative estimate of drug-likeness (QED) is 0.908. The molecule has 2 aliphatic rings. The van der Waals surface area contributed by atoms with E-state index in [4.69, 9.17) is 0 Å². The summed E-state index contributed by atoms with van der Waals surface area (Å²) in [5, 5.41) is 9.69. The van der Waals surface area contributed by atoms with E-state index in [1.54, 1.807) is 4.90 Å². The standard InChI is InChI=1S/C16H21NO2S2/c18-14-3-1-8-17(11-14)15(19)12-4-6-13(7-5-12)16-20-9-2-10-21-16/h4-7,14,16,18H,1-3,8-11H2. The van der Waals surface area contributed by atoms with Gasteiger partial charge in [-0.2, -0.15) is 0 Å². The van der Waals surface area contributed by atoms with Gasteiger partial charge in [0.25, 0.3) is 5.91 Å². The second-order valence-electron chi connectivity index (χ2n) is 5.60. The molecule has 2 saturated heterocycles. The van der Waals surface area contributed by atoms with Gasteiger partial charge in [-0.1, -0.05) is 12.1 Å². The predicted molar refractivity (Wildman–Crippen MR) is 89.9 cm³/mol. The van der Waals surface area contributed by atoms with Crippen molar-refractivity contribution < 1.29 is 9.90 Å². The van der Waals surface area contributed by atoms with Crippen LogP contribution in [0.1, 0.15) is 39.8 Å². The first kappa shape index (κ1) is 15.3. The van der Waals surface area contributed by atoms with Gasteiger partial charge in [-0.25, -0.2) is 0 Å². The van der Waals surface area contributed by atoms with Crippen LogP contribution in [0.25, 0.3) is 0 Å². The lowest BCUT2D eigenvalue weighted by Gasteiger charge is -2.30. The average Bonchev–Trinajstić information content (AvgIpc) is 2.55. The first-order valence-corrected chi connectivity index (χ1v) is 9.64. The monoisotopic (exact) mass is 323 g/mol. The number of β-amino-alcohol motifs (C(OH)–C–C–N with tert-alkyl or cyclic N) is 1. The first-order valence-electron chi connectivity index (χ1n) is 7.54. The number of likely N-dealkylation sites (tertiary alicyclic amines) is 1. The lowest BCUT2D eigenvalue weighted by atomic mass is 10.1. The number of piperidine rings is 1. The van der Waals surface area contributed by atoms with Gasteiger partial charge in [0.15, 0.2) is 0 Å². The summed E-state index contributed by atoms with van der Waals surface area (Å²) in [5.41, 5.74) is 2.04. The molecule has 3 nitrogen and oxygen atoms in total. The van der Waals surface area contributed by atoms with E-state index in [0.29, 0.717) is 11.1 Å². The highest BCUT2D eigenvalue weighted by atomic mass is 32.2. The van der Waals surface area contributed by atoms with Crippen LogP contribution in [0.5, 0.6) is 0 Å². The Balaban J connectivity index is 1.67. The van der Waals surface area contributed by atoms with Crippen LogP contribution in [-0.4, -0.2) is 46.6 Å². The van der Waals surface area contributed by atoms with Crippen LogP contribution >= 0.6 is 23.5 Å². The topological polar surface area (TPSA) is 40.5 Å². The van der Waals surface area contributed by atoms with Gasteiger partial charge in [0.2, 0.25) is 0 Å². The molecule has 0 aliphatic carbocycles. The van der Waals surface area contributed by atoms with Crippen molar-refractivity contribution in [3.63, 3.8) is 0 Å². The van der Waals surface area contributed by atoms with Gasteiger partial charge in [0.05, 0.1) is 10.7 Å². The smallest absolute Gasteiger partial charge is 0.253 e. The molecule has 2 fully saturated rings. The maximum atomic E-state index is 12.4. The van der Waals surface area contributed by atoms with Gasteiger partial charge in [-0.3, -0.25) is 4.79 Å². The van der Waals surface area contributed by atoms with Crippen LogP contribution in [0, 0.1) is 0 Å². The molecule has 0 aromatic heterocycles. The van der Waals surface area contributed by atoms with E-state index in [2.05, 4.69) is 12.1 Å². The summed E-state index contributed by atoms with van der Waals surface area (Å²) in [5.74, 6) is 2.50. The minimum atomic E-state index is -0.364. The van der Waals surface area contributed by atoms with E-state index in [0.717, 1.165) is 24.9 Å². The minimum absolute atomic E-state index is 0.0456. The number of aliphatic hydroxyl groups is 1. The minimum Gasteiger partial charge on any atom is -0.391 e. The Hall–Kier alpha value is -0.650. The number of benzene rings is 1. The third kappa shape index (κ3) is 3.76. The van der Waals surface area contributed by atoms with Crippen LogP contribution in [0.3, 0.4) is 0 Å². The van der Waals surface area contributed by atoms with Crippen LogP contribution in [-0.2, 0) is 0 Å². The summed E-state index contributed by atoms with van der Waals surface area (Å²) < 4.78 is 0.514. The molecule has 3 rings (SSSR count). The molecule has 1 N–H and O–H groups in total. The van der Waals surface area contributed by atoms with Gasteiger partial charge in [-0.05, 0) is 48.5 Å². The highest BCUT2D eigenvalue weighted by Gasteiger charge is 2.23. The first-order chi connectivity index (χ1) is 10.2. The van der Waals surface area contributed by atoms with Gasteiger partial charge in [0, 0.05) is 18.7 Å². The molecule has 1 unspecified atom stereocenters. The maximum absolute atomic E-state index is 12.4. The zero-order valence-corrected chi connectivity index (χ0v) is 13.7. The van der Waals surface area contributed by atoms with Crippen LogP contribution in [0.4, 0.5) is 0 Å². The summed E-state index contributed by atoms with van der Waals surface area (Å²) >= 11 is 3.99. The Labute approximate surface area is 134 Å². The number of hydrogen-bond acceptors (Lipinski definition) is 4. The molecule has 21 heavy (non-hydrogen) atoms. The van der Waals surface area contributed by atoms with E-state index < -0.39 is 0 Å². The fraction of sp³-hybridized carbons (Fsp3) is 0.562. The fourth-order valence-corrected chi connectivity index (χ4v) is 5.68. The van der Waals surface area contributed by atoms with Crippen molar-refractivity contribution in [3.8, 4) is 0 Å². The van der Waals surface area contributed by atoms with Crippen LogP contribution < -0.4 is 0 Å². The summed E-state index contributed by atoms with van der Waals surface area (Å²) in [6.45, 7) is 1.22. The third-order valence-corrected chi connectivity index (χ3v) is 6.96. The zero-order chi connectivity index (χ0) is 14.7. The van der Waals surface area contributed by atoms with Crippen molar-refractivity contribution in [1.82, 2.24) is 4.90 Å². The molecule has 114 valence electrons. The SMILES string of the molecule is O=C(c1ccc(C2SCCCS2)cc1)N1CCCC(O)C1. The van der Waals surface area contributed by atoms with Gasteiger partial charge in [0.1, 0.15) is 0 Å². The molecule has 0 saturated carbocycles. The molecule has 1 aromatic carbocycles. The molecule has 0 bridgehead atoms. The fourth-order valence-electron chi connectivity index (χ4n) is 2.78. The molecular formula is C16H21NO2S2. The van der Waals surface area contributed by atoms with Crippen molar-refractivity contribution in [3.05, 3.63) is 35.4 Å². The predicted octanol–water partition coefficient (Wildman–Crippen LogP) is 3.15. The number of thioether (sulfide) groups is 2. The third-order valence-electron chi connectivity index (χ3n) is 3.94. The number of aliphatic hydroxyl groups excluding tert-OH is 1. The van der Waals surface area contributed by atoms with Crippen molar-refractivity contribution in [2.75, 3.05) is 24.6 Å². The van der Waals surface area contributed by atoms with Gasteiger partial charge in [-0.15, -0.1) is 23.5 Å². The molecule has 1 aromatic rings. The lowest BCUT2D eigenvalue weighted by Crippen LogP contribution is -2.42. The Morgan fingerprint density at radius 3 is 2.52 bits per heavy atom. The van der Waals surface area contributed by atoms with E-state index in [-0.39, 0.29) is 12.0 Å². The van der Waals surface area contributed by atoms with E-state index >= 15 is 0 Å². The number of carbonyl (C=O) groups excluding carboxylic acids is 1. The van der Waals surface area contributed by atoms with Crippen molar-refractivity contribution in [1.29, 1.82) is 0 Å².